The van der Waals surface area contributed by atoms with E-state index in [1.165, 1.54) is 17.3 Å². The van der Waals surface area contributed by atoms with Crippen LogP contribution < -0.4 is 10.6 Å². The lowest BCUT2D eigenvalue weighted by atomic mass is 10.2. The summed E-state index contributed by atoms with van der Waals surface area (Å²) in [6.45, 7) is 1.72. The van der Waals surface area contributed by atoms with Crippen LogP contribution in [0.5, 0.6) is 0 Å². The van der Waals surface area contributed by atoms with Gasteiger partial charge in [-0.25, -0.2) is 9.67 Å². The highest BCUT2D eigenvalue weighted by Gasteiger charge is 2.15. The lowest BCUT2D eigenvalue weighted by Crippen LogP contribution is -2.24. The zero-order valence-electron chi connectivity index (χ0n) is 13.8. The minimum atomic E-state index is -0.489. The second-order valence-electron chi connectivity index (χ2n) is 5.49. The highest BCUT2D eigenvalue weighted by Crippen LogP contribution is 2.16. The van der Waals surface area contributed by atoms with Crippen LogP contribution in [0.15, 0.2) is 55.2 Å². The summed E-state index contributed by atoms with van der Waals surface area (Å²) >= 11 is 5.10. The van der Waals surface area contributed by atoms with Crippen LogP contribution in [0.3, 0.4) is 0 Å². The fourth-order valence-corrected chi connectivity index (χ4v) is 2.45. The average Bonchev–Trinajstić information content (AvgIpc) is 3.17. The summed E-state index contributed by atoms with van der Waals surface area (Å²) in [6.07, 6.45) is 4.52. The van der Waals surface area contributed by atoms with E-state index in [1.807, 2.05) is 0 Å². The minimum absolute atomic E-state index is 0.220. The molecular weight excluding hydrogens is 352 g/mol. The van der Waals surface area contributed by atoms with Gasteiger partial charge in [0.2, 0.25) is 5.91 Å². The van der Waals surface area contributed by atoms with Crippen LogP contribution in [0.1, 0.15) is 23.3 Å². The number of rotatable bonds is 5. The molecule has 3 N–H and O–H groups in total. The van der Waals surface area contributed by atoms with Gasteiger partial charge in [-0.05, 0) is 43.3 Å². The molecule has 0 aliphatic rings. The van der Waals surface area contributed by atoms with Gasteiger partial charge in [-0.1, -0.05) is 12.2 Å². The van der Waals surface area contributed by atoms with Crippen LogP contribution >= 0.6 is 12.2 Å². The van der Waals surface area contributed by atoms with E-state index < -0.39 is 6.04 Å². The van der Waals surface area contributed by atoms with Crippen molar-refractivity contribution < 1.29 is 9.59 Å². The summed E-state index contributed by atoms with van der Waals surface area (Å²) in [7, 11) is 0. The molecule has 9 heteroatoms. The Morgan fingerprint density at radius 1 is 1.15 bits per heavy atom. The van der Waals surface area contributed by atoms with Gasteiger partial charge in [-0.3, -0.25) is 9.59 Å². The molecule has 1 aromatic carbocycles. The largest absolute Gasteiger partial charge is 0.352 e. The maximum Gasteiger partial charge on any atom is 0.258 e. The third-order valence-electron chi connectivity index (χ3n) is 3.69. The Kier molecular flexibility index (Phi) is 5.18. The van der Waals surface area contributed by atoms with Crippen molar-refractivity contribution in [1.29, 1.82) is 0 Å². The lowest BCUT2D eigenvalue weighted by Gasteiger charge is -2.12. The van der Waals surface area contributed by atoms with E-state index in [2.05, 4.69) is 25.7 Å². The molecule has 8 nitrogen and oxygen atoms in total. The molecule has 0 saturated heterocycles. The summed E-state index contributed by atoms with van der Waals surface area (Å²) < 4.78 is 1.84. The molecular formula is C17H16N6O2S. The fraction of sp³-hybridized carbons (Fsp3) is 0.118. The number of carbonyl (C=O) groups excluding carboxylic acids is 2. The first-order valence-electron chi connectivity index (χ1n) is 7.78. The Morgan fingerprint density at radius 2 is 1.85 bits per heavy atom. The molecule has 26 heavy (non-hydrogen) atoms. The van der Waals surface area contributed by atoms with E-state index in [9.17, 15) is 9.59 Å². The molecule has 3 rings (SSSR count). The molecule has 0 aliphatic heterocycles. The number of hydrogen-bond acceptors (Lipinski definition) is 5. The zero-order valence-corrected chi connectivity index (χ0v) is 14.7. The van der Waals surface area contributed by atoms with Crippen molar-refractivity contribution >= 4 is 35.4 Å². The van der Waals surface area contributed by atoms with Crippen molar-refractivity contribution in [3.63, 3.8) is 0 Å². The van der Waals surface area contributed by atoms with E-state index in [0.717, 1.165) is 0 Å². The molecule has 0 saturated carbocycles. The van der Waals surface area contributed by atoms with Crippen LogP contribution in [-0.4, -0.2) is 31.6 Å². The number of aromatic nitrogens is 4. The Bertz CT molecular complexity index is 965. The molecule has 1 atom stereocenters. The summed E-state index contributed by atoms with van der Waals surface area (Å²) in [6, 6.07) is 9.66. The standard InChI is InChI=1S/C17H16N6O2S/c1-11(23-10-18-9-20-23)15(24)21-12-4-6-13(7-5-12)22-16(25)14-3-2-8-19-17(14)26/h2-11H,1H3,(H,19,26)(H,21,24)(H,22,25)/t11-/m1/s1. The number of carbonyl (C=O) groups is 2. The van der Waals surface area contributed by atoms with E-state index in [4.69, 9.17) is 12.2 Å². The molecule has 2 aromatic heterocycles. The smallest absolute Gasteiger partial charge is 0.258 e. The summed E-state index contributed by atoms with van der Waals surface area (Å²) in [4.78, 5) is 31.1. The summed E-state index contributed by atoms with van der Waals surface area (Å²) in [5.74, 6) is -0.522. The predicted octanol–water partition coefficient (Wildman–Crippen LogP) is 2.79. The molecule has 2 heterocycles. The second-order valence-corrected chi connectivity index (χ2v) is 5.89. The first kappa shape index (κ1) is 17.5. The number of anilines is 2. The number of aromatic amines is 1. The maximum absolute atomic E-state index is 12.2. The van der Waals surface area contributed by atoms with Crippen LogP contribution in [0, 0.1) is 4.64 Å². The van der Waals surface area contributed by atoms with Crippen LogP contribution in [0.2, 0.25) is 0 Å². The molecule has 2 amide bonds. The second kappa shape index (κ2) is 7.70. The molecule has 3 aromatic rings. The Hall–Kier alpha value is -3.33. The summed E-state index contributed by atoms with van der Waals surface area (Å²) in [5, 5.41) is 9.50. The third-order valence-corrected chi connectivity index (χ3v) is 4.02. The van der Waals surface area contributed by atoms with Gasteiger partial charge in [0.05, 0.1) is 5.56 Å². The zero-order chi connectivity index (χ0) is 18.5. The van der Waals surface area contributed by atoms with Gasteiger partial charge in [0, 0.05) is 17.6 Å². The molecule has 0 unspecified atom stereocenters. The maximum atomic E-state index is 12.2. The monoisotopic (exact) mass is 368 g/mol. The topological polar surface area (TPSA) is 105 Å². The van der Waals surface area contributed by atoms with Crippen molar-refractivity contribution in [2.45, 2.75) is 13.0 Å². The molecule has 0 radical (unpaired) electrons. The minimum Gasteiger partial charge on any atom is -0.352 e. The molecule has 0 bridgehead atoms. The van der Waals surface area contributed by atoms with Crippen molar-refractivity contribution in [3.8, 4) is 0 Å². The van der Waals surface area contributed by atoms with Gasteiger partial charge in [-0.2, -0.15) is 5.10 Å². The number of amides is 2. The fourth-order valence-electron chi connectivity index (χ4n) is 2.22. The lowest BCUT2D eigenvalue weighted by molar-refractivity contribution is -0.119. The van der Waals surface area contributed by atoms with E-state index in [1.54, 1.807) is 49.5 Å². The van der Waals surface area contributed by atoms with Crippen molar-refractivity contribution in [2.24, 2.45) is 0 Å². The molecule has 132 valence electrons. The average molecular weight is 368 g/mol. The van der Waals surface area contributed by atoms with Crippen LogP contribution in [0.25, 0.3) is 0 Å². The first-order valence-corrected chi connectivity index (χ1v) is 8.19. The van der Waals surface area contributed by atoms with Crippen molar-refractivity contribution in [2.75, 3.05) is 10.6 Å². The van der Waals surface area contributed by atoms with Gasteiger partial charge >= 0.3 is 0 Å². The van der Waals surface area contributed by atoms with Crippen LogP contribution in [-0.2, 0) is 4.79 Å². The van der Waals surface area contributed by atoms with Gasteiger partial charge in [0.15, 0.2) is 0 Å². The van der Waals surface area contributed by atoms with E-state index in [0.29, 0.717) is 21.6 Å². The molecule has 0 aliphatic carbocycles. The first-order chi connectivity index (χ1) is 12.5. The van der Waals surface area contributed by atoms with Gasteiger partial charge in [0.25, 0.3) is 5.91 Å². The van der Waals surface area contributed by atoms with Crippen molar-refractivity contribution in [1.82, 2.24) is 19.7 Å². The quantitative estimate of drug-likeness (QED) is 0.601. The van der Waals surface area contributed by atoms with E-state index in [-0.39, 0.29) is 11.8 Å². The summed E-state index contributed by atoms with van der Waals surface area (Å²) in [5.41, 5.74) is 1.59. The number of benzene rings is 1. The predicted molar refractivity (Wildman–Crippen MR) is 99.4 cm³/mol. The van der Waals surface area contributed by atoms with Crippen molar-refractivity contribution in [3.05, 3.63) is 65.5 Å². The Labute approximate surface area is 154 Å². The van der Waals surface area contributed by atoms with Gasteiger partial charge in [-0.15, -0.1) is 0 Å². The number of pyridine rings is 1. The number of nitrogens with zero attached hydrogens (tertiary/aromatic N) is 3. The number of nitrogens with one attached hydrogen (secondary N) is 3. The molecule has 0 spiro atoms. The highest BCUT2D eigenvalue weighted by atomic mass is 32.1. The van der Waals surface area contributed by atoms with Gasteiger partial charge < -0.3 is 15.6 Å². The van der Waals surface area contributed by atoms with Crippen LogP contribution in [0.4, 0.5) is 11.4 Å². The normalized spacial score (nSPS) is 11.6. The Morgan fingerprint density at radius 3 is 2.46 bits per heavy atom. The molecule has 0 fully saturated rings. The number of H-pyrrole nitrogens is 1. The highest BCUT2D eigenvalue weighted by molar-refractivity contribution is 7.71. The van der Waals surface area contributed by atoms with Gasteiger partial charge in [0.1, 0.15) is 23.3 Å². The Balaban J connectivity index is 1.63. The SMILES string of the molecule is C[C@H](C(=O)Nc1ccc(NC(=O)c2ccc[nH]c2=S)cc1)n1cncn1. The van der Waals surface area contributed by atoms with E-state index >= 15 is 0 Å². The third kappa shape index (κ3) is 4.01. The number of hydrogen-bond donors (Lipinski definition) is 3.